The Balaban J connectivity index is 0.00000364. The molecule has 2 rings (SSSR count). The van der Waals surface area contributed by atoms with Crippen LogP contribution in [0.5, 0.6) is 0 Å². The second-order valence-corrected chi connectivity index (χ2v) is 8.66. The normalized spacial score (nSPS) is 11.5. The molecule has 2 aromatic carbocycles. The van der Waals surface area contributed by atoms with Gasteiger partial charge in [0.25, 0.3) is 0 Å². The maximum absolute atomic E-state index is 12.4. The van der Waals surface area contributed by atoms with E-state index in [0.29, 0.717) is 17.7 Å². The van der Waals surface area contributed by atoms with Gasteiger partial charge in [-0.2, -0.15) is 0 Å². The van der Waals surface area contributed by atoms with Gasteiger partial charge in [-0.3, -0.25) is 0 Å². The molecule has 0 spiro atoms. The van der Waals surface area contributed by atoms with Crippen molar-refractivity contribution in [3.05, 3.63) is 59.2 Å². The highest BCUT2D eigenvalue weighted by Gasteiger charge is 2.18. The second kappa shape index (κ2) is 9.21. The van der Waals surface area contributed by atoms with Crippen molar-refractivity contribution in [2.75, 3.05) is 12.3 Å². The Labute approximate surface area is 160 Å². The third-order valence-corrected chi connectivity index (χ3v) is 6.47. The smallest absolute Gasteiger partial charge is 0.336 e. The number of carboxylic acids is 1. The van der Waals surface area contributed by atoms with E-state index in [0.717, 1.165) is 11.3 Å². The number of rotatable bonds is 9. The van der Waals surface area contributed by atoms with Gasteiger partial charge in [0.05, 0.1) is 10.5 Å². The first-order valence-corrected chi connectivity index (χ1v) is 10.9. The number of aryl methyl sites for hydroxylation is 2. The molecule has 0 amide bonds. The average molecular weight is 396 g/mol. The van der Waals surface area contributed by atoms with E-state index in [1.165, 1.54) is 17.7 Å². The number of thioether (sulfide) groups is 1. The van der Waals surface area contributed by atoms with Crippen molar-refractivity contribution in [2.45, 2.75) is 36.5 Å². The molecule has 26 heavy (non-hydrogen) atoms. The lowest BCUT2D eigenvalue weighted by Crippen LogP contribution is -2.26. The second-order valence-electron chi connectivity index (χ2n) is 5.72. The molecule has 2 N–H and O–H groups in total. The Morgan fingerprint density at radius 1 is 1.12 bits per heavy atom. The van der Waals surface area contributed by atoms with Crippen LogP contribution in [-0.4, -0.2) is 31.8 Å². The minimum absolute atomic E-state index is 0. The van der Waals surface area contributed by atoms with Crippen molar-refractivity contribution < 1.29 is 19.7 Å². The maximum atomic E-state index is 12.4. The van der Waals surface area contributed by atoms with Crippen molar-refractivity contribution in [3.8, 4) is 0 Å². The van der Waals surface area contributed by atoms with E-state index in [9.17, 15) is 18.3 Å². The zero-order valence-electron chi connectivity index (χ0n) is 14.9. The first-order chi connectivity index (χ1) is 12.4. The number of benzene rings is 2. The van der Waals surface area contributed by atoms with E-state index in [4.69, 9.17) is 0 Å². The van der Waals surface area contributed by atoms with Gasteiger partial charge in [0, 0.05) is 18.6 Å². The van der Waals surface area contributed by atoms with E-state index in [1.807, 2.05) is 19.1 Å². The highest BCUT2D eigenvalue weighted by molar-refractivity contribution is 7.99. The Morgan fingerprint density at radius 3 is 2.38 bits per heavy atom. The number of carbonyl (C=O) groups is 1. The number of nitrogens with one attached hydrogen (secondary N) is 1. The topological polar surface area (TPSA) is 83.5 Å². The maximum Gasteiger partial charge on any atom is 0.336 e. The summed E-state index contributed by atoms with van der Waals surface area (Å²) in [6.07, 6.45) is 1.52. The summed E-state index contributed by atoms with van der Waals surface area (Å²) in [5.41, 5.74) is 1.91. The minimum atomic E-state index is -3.73. The zero-order valence-corrected chi connectivity index (χ0v) is 16.5. The van der Waals surface area contributed by atoms with Gasteiger partial charge < -0.3 is 5.11 Å². The monoisotopic (exact) mass is 395 g/mol. The molecular formula is C19H25NO4S2. The molecule has 0 aliphatic carbocycles. The molecule has 7 heteroatoms. The largest absolute Gasteiger partial charge is 0.478 e. The fraction of sp³-hybridized carbons (Fsp3) is 0.316. The Kier molecular flexibility index (Phi) is 7.25. The molecule has 0 saturated carbocycles. The van der Waals surface area contributed by atoms with Gasteiger partial charge in [0.2, 0.25) is 10.0 Å². The molecular weight excluding hydrogens is 370 g/mol. The third kappa shape index (κ3) is 5.33. The van der Waals surface area contributed by atoms with E-state index in [2.05, 4.69) is 23.8 Å². The van der Waals surface area contributed by atoms with Crippen LogP contribution in [0, 0.1) is 0 Å². The molecule has 0 aliphatic rings. The Bertz CT molecular complexity index is 868. The van der Waals surface area contributed by atoms with Gasteiger partial charge in [-0.1, -0.05) is 32.0 Å². The van der Waals surface area contributed by atoms with E-state index < -0.39 is 16.0 Å². The van der Waals surface area contributed by atoms with Crippen LogP contribution in [0.4, 0.5) is 0 Å². The number of sulfonamides is 1. The predicted octanol–water partition coefficient (Wildman–Crippen LogP) is 3.83. The lowest BCUT2D eigenvalue weighted by Gasteiger charge is -2.10. The quantitative estimate of drug-likeness (QED) is 0.498. The number of carboxylic acid groups (broad SMARTS) is 1. The molecule has 142 valence electrons. The van der Waals surface area contributed by atoms with Crippen LogP contribution < -0.4 is 4.72 Å². The molecule has 0 atom stereocenters. The summed E-state index contributed by atoms with van der Waals surface area (Å²) >= 11 is 1.57. The molecule has 2 aromatic rings. The fourth-order valence-corrected chi connectivity index (χ4v) is 4.43. The van der Waals surface area contributed by atoms with Crippen LogP contribution in [0.3, 0.4) is 0 Å². The van der Waals surface area contributed by atoms with Gasteiger partial charge in [-0.25, -0.2) is 17.9 Å². The van der Waals surface area contributed by atoms with Crippen LogP contribution >= 0.6 is 11.8 Å². The minimum Gasteiger partial charge on any atom is -0.478 e. The van der Waals surface area contributed by atoms with Gasteiger partial charge in [-0.15, -0.1) is 11.8 Å². The lowest BCUT2D eigenvalue weighted by molar-refractivity contribution is 0.0695. The molecule has 0 heterocycles. The van der Waals surface area contributed by atoms with Crippen molar-refractivity contribution >= 4 is 27.8 Å². The number of hydrogen-bond acceptors (Lipinski definition) is 4. The predicted molar refractivity (Wildman–Crippen MR) is 107 cm³/mol. The highest BCUT2D eigenvalue weighted by atomic mass is 32.2. The van der Waals surface area contributed by atoms with E-state index >= 15 is 0 Å². The van der Waals surface area contributed by atoms with Crippen LogP contribution in [-0.2, 0) is 22.9 Å². The molecule has 5 nitrogen and oxygen atoms in total. The van der Waals surface area contributed by atoms with Crippen LogP contribution in [0.15, 0.2) is 52.3 Å². The van der Waals surface area contributed by atoms with Crippen molar-refractivity contribution in [1.82, 2.24) is 4.72 Å². The standard InChI is InChI=1S/C19H23NO4S2.H2/c1-3-14-5-8-16(9-6-14)25-12-11-20-26(23,24)17-10-7-15(4-2)18(13-17)19(21)22;/h5-10,13,20H,3-4,11-12H2,1-2H3,(H,21,22);1H. The Hall–Kier alpha value is -1.83. The van der Waals surface area contributed by atoms with E-state index in [-0.39, 0.29) is 18.4 Å². The highest BCUT2D eigenvalue weighted by Crippen LogP contribution is 2.19. The SMILES string of the molecule is CCc1ccc(SCCNS(=O)(=O)c2ccc(CC)c(C(=O)O)c2)cc1.[HH]. The Morgan fingerprint density at radius 2 is 1.81 bits per heavy atom. The summed E-state index contributed by atoms with van der Waals surface area (Å²) in [4.78, 5) is 12.4. The average Bonchev–Trinajstić information content (AvgIpc) is 2.65. The van der Waals surface area contributed by atoms with Crippen LogP contribution in [0.2, 0.25) is 0 Å². The van der Waals surface area contributed by atoms with Gasteiger partial charge in [0.15, 0.2) is 0 Å². The molecule has 0 fully saturated rings. The number of aromatic carboxylic acids is 1. The summed E-state index contributed by atoms with van der Waals surface area (Å²) in [6, 6.07) is 12.4. The summed E-state index contributed by atoms with van der Waals surface area (Å²) in [6.45, 7) is 4.19. The lowest BCUT2D eigenvalue weighted by atomic mass is 10.1. The summed E-state index contributed by atoms with van der Waals surface area (Å²) < 4.78 is 27.3. The molecule has 0 bridgehead atoms. The molecule has 0 radical (unpaired) electrons. The van der Waals surface area contributed by atoms with Crippen LogP contribution in [0.25, 0.3) is 0 Å². The molecule has 0 saturated heterocycles. The van der Waals surface area contributed by atoms with Crippen molar-refractivity contribution in [1.29, 1.82) is 0 Å². The summed E-state index contributed by atoms with van der Waals surface area (Å²) in [5, 5.41) is 9.25. The van der Waals surface area contributed by atoms with Gasteiger partial charge >= 0.3 is 5.97 Å². The molecule has 0 aliphatic heterocycles. The van der Waals surface area contributed by atoms with Crippen molar-refractivity contribution in [3.63, 3.8) is 0 Å². The third-order valence-electron chi connectivity index (χ3n) is 4.00. The zero-order chi connectivity index (χ0) is 19.2. The summed E-state index contributed by atoms with van der Waals surface area (Å²) in [5.74, 6) is -0.534. The fourth-order valence-electron chi connectivity index (χ4n) is 2.48. The summed E-state index contributed by atoms with van der Waals surface area (Å²) in [7, 11) is -3.73. The van der Waals surface area contributed by atoms with E-state index in [1.54, 1.807) is 17.8 Å². The number of hydrogen-bond donors (Lipinski definition) is 2. The van der Waals surface area contributed by atoms with Crippen molar-refractivity contribution in [2.24, 2.45) is 0 Å². The molecule has 0 aromatic heterocycles. The first-order valence-electron chi connectivity index (χ1n) is 8.45. The van der Waals surface area contributed by atoms with Gasteiger partial charge in [0.1, 0.15) is 0 Å². The van der Waals surface area contributed by atoms with Gasteiger partial charge in [-0.05, 0) is 48.2 Å². The molecule has 0 unspecified atom stereocenters. The first kappa shape index (κ1) is 20.5. The van der Waals surface area contributed by atoms with Crippen LogP contribution in [0.1, 0.15) is 36.8 Å².